The quantitative estimate of drug-likeness (QED) is 0.682. The van der Waals surface area contributed by atoms with Crippen molar-refractivity contribution in [3.8, 4) is 5.69 Å². The minimum Gasteiger partial charge on any atom is -0.444 e. The standard InChI is InChI=1S/C20H22ClN3O2/c1-13(22-19(25)26-20(2,3)4)18-23-16-11-10-14(21)12-17(16)24(18)15-8-6-5-7-9-15/h5-13H,1-4H3,(H,22,25). The van der Waals surface area contributed by atoms with E-state index in [0.29, 0.717) is 10.8 Å². The lowest BCUT2D eigenvalue weighted by Gasteiger charge is -2.22. The number of benzene rings is 2. The molecule has 26 heavy (non-hydrogen) atoms. The lowest BCUT2D eigenvalue weighted by molar-refractivity contribution is 0.0505. The molecule has 0 saturated carbocycles. The highest BCUT2D eigenvalue weighted by atomic mass is 35.5. The molecule has 0 aliphatic rings. The smallest absolute Gasteiger partial charge is 0.408 e. The molecule has 3 rings (SSSR count). The van der Waals surface area contributed by atoms with Gasteiger partial charge in [0.15, 0.2) is 0 Å². The van der Waals surface area contributed by atoms with Crippen LogP contribution in [0, 0.1) is 0 Å². The number of fused-ring (bicyclic) bond motifs is 1. The third kappa shape index (κ3) is 3.99. The van der Waals surface area contributed by atoms with Gasteiger partial charge in [0.25, 0.3) is 0 Å². The van der Waals surface area contributed by atoms with Crippen LogP contribution in [0.5, 0.6) is 0 Å². The molecular weight excluding hydrogens is 350 g/mol. The van der Waals surface area contributed by atoms with Crippen molar-refractivity contribution < 1.29 is 9.53 Å². The number of imidazole rings is 1. The van der Waals surface area contributed by atoms with E-state index in [2.05, 4.69) is 5.32 Å². The molecule has 0 spiro atoms. The molecule has 1 amide bonds. The lowest BCUT2D eigenvalue weighted by Crippen LogP contribution is -2.34. The predicted octanol–water partition coefficient (Wildman–Crippen LogP) is 5.26. The van der Waals surface area contributed by atoms with Crippen LogP contribution in [0.1, 0.15) is 39.6 Å². The fraction of sp³-hybridized carbons (Fsp3) is 0.300. The van der Waals surface area contributed by atoms with Crippen molar-refractivity contribution in [3.05, 3.63) is 59.4 Å². The fourth-order valence-corrected chi connectivity index (χ4v) is 2.92. The molecule has 0 saturated heterocycles. The van der Waals surface area contributed by atoms with Crippen LogP contribution in [0.4, 0.5) is 4.79 Å². The number of rotatable bonds is 3. The van der Waals surface area contributed by atoms with Crippen molar-refractivity contribution in [1.82, 2.24) is 14.9 Å². The molecular formula is C20H22ClN3O2. The predicted molar refractivity (Wildman–Crippen MR) is 104 cm³/mol. The average Bonchev–Trinajstić information content (AvgIpc) is 2.92. The first-order valence-corrected chi connectivity index (χ1v) is 8.85. The van der Waals surface area contributed by atoms with E-state index in [4.69, 9.17) is 21.3 Å². The van der Waals surface area contributed by atoms with Crippen LogP contribution in [0.2, 0.25) is 5.02 Å². The van der Waals surface area contributed by atoms with Gasteiger partial charge in [-0.1, -0.05) is 29.8 Å². The molecule has 1 unspecified atom stereocenters. The molecule has 1 aromatic heterocycles. The van der Waals surface area contributed by atoms with Gasteiger partial charge < -0.3 is 10.1 Å². The van der Waals surface area contributed by atoms with Crippen molar-refractivity contribution in [2.24, 2.45) is 0 Å². The van der Waals surface area contributed by atoms with Crippen molar-refractivity contribution in [1.29, 1.82) is 0 Å². The number of carbonyl (C=O) groups excluding carboxylic acids is 1. The molecule has 0 bridgehead atoms. The second kappa shape index (κ2) is 7.00. The maximum Gasteiger partial charge on any atom is 0.408 e. The highest BCUT2D eigenvalue weighted by Gasteiger charge is 2.22. The van der Waals surface area contributed by atoms with Gasteiger partial charge in [0.1, 0.15) is 11.4 Å². The van der Waals surface area contributed by atoms with Gasteiger partial charge in [-0.2, -0.15) is 0 Å². The van der Waals surface area contributed by atoms with E-state index in [0.717, 1.165) is 16.7 Å². The number of hydrogen-bond donors (Lipinski definition) is 1. The number of halogens is 1. The van der Waals surface area contributed by atoms with Crippen LogP contribution < -0.4 is 5.32 Å². The van der Waals surface area contributed by atoms with Crippen molar-refractivity contribution in [2.75, 3.05) is 0 Å². The van der Waals surface area contributed by atoms with Crippen LogP contribution in [-0.2, 0) is 4.74 Å². The van der Waals surface area contributed by atoms with Gasteiger partial charge in [0, 0.05) is 10.7 Å². The first kappa shape index (κ1) is 18.3. The number of carbonyl (C=O) groups is 1. The Morgan fingerprint density at radius 3 is 2.54 bits per heavy atom. The molecule has 6 heteroatoms. The molecule has 0 aliphatic heterocycles. The van der Waals surface area contributed by atoms with Crippen LogP contribution in [0.25, 0.3) is 16.7 Å². The van der Waals surface area contributed by atoms with Crippen LogP contribution in [0.3, 0.4) is 0 Å². The van der Waals surface area contributed by atoms with Crippen LogP contribution in [-0.4, -0.2) is 21.2 Å². The molecule has 3 aromatic rings. The maximum absolute atomic E-state index is 12.2. The van der Waals surface area contributed by atoms with E-state index in [1.807, 2.05) is 80.8 Å². The summed E-state index contributed by atoms with van der Waals surface area (Å²) in [6.07, 6.45) is -0.477. The van der Waals surface area contributed by atoms with Crippen LogP contribution in [0.15, 0.2) is 48.5 Å². The van der Waals surface area contributed by atoms with E-state index < -0.39 is 11.7 Å². The molecule has 1 N–H and O–H groups in total. The normalized spacial score (nSPS) is 12.8. The first-order valence-electron chi connectivity index (χ1n) is 8.47. The zero-order valence-electron chi connectivity index (χ0n) is 15.3. The van der Waals surface area contributed by atoms with E-state index in [-0.39, 0.29) is 6.04 Å². The minimum atomic E-state index is -0.559. The largest absolute Gasteiger partial charge is 0.444 e. The summed E-state index contributed by atoms with van der Waals surface area (Å²) >= 11 is 6.19. The zero-order valence-corrected chi connectivity index (χ0v) is 16.0. The van der Waals surface area contributed by atoms with Gasteiger partial charge in [-0.25, -0.2) is 9.78 Å². The highest BCUT2D eigenvalue weighted by Crippen LogP contribution is 2.27. The third-order valence-electron chi connectivity index (χ3n) is 3.78. The number of hydrogen-bond acceptors (Lipinski definition) is 3. The number of amides is 1. The Kier molecular flexibility index (Phi) is 4.92. The molecule has 136 valence electrons. The Morgan fingerprint density at radius 2 is 1.88 bits per heavy atom. The van der Waals surface area contributed by atoms with E-state index in [1.165, 1.54) is 0 Å². The Bertz CT molecular complexity index is 929. The van der Waals surface area contributed by atoms with Gasteiger partial charge in [0.05, 0.1) is 17.1 Å². The molecule has 0 aliphatic carbocycles. The van der Waals surface area contributed by atoms with E-state index >= 15 is 0 Å². The molecule has 5 nitrogen and oxygen atoms in total. The topological polar surface area (TPSA) is 56.1 Å². The molecule has 1 heterocycles. The minimum absolute atomic E-state index is 0.351. The Hall–Kier alpha value is -2.53. The molecule has 1 atom stereocenters. The summed E-state index contributed by atoms with van der Waals surface area (Å²) in [4.78, 5) is 16.9. The summed E-state index contributed by atoms with van der Waals surface area (Å²) in [5, 5.41) is 3.49. The van der Waals surface area contributed by atoms with Crippen molar-refractivity contribution in [3.63, 3.8) is 0 Å². The van der Waals surface area contributed by atoms with Gasteiger partial charge in [0.2, 0.25) is 0 Å². The number of para-hydroxylation sites is 1. The monoisotopic (exact) mass is 371 g/mol. The SMILES string of the molecule is CC(NC(=O)OC(C)(C)C)c1nc2ccc(Cl)cc2n1-c1ccccc1. The molecule has 2 aromatic carbocycles. The van der Waals surface area contributed by atoms with Gasteiger partial charge >= 0.3 is 6.09 Å². The van der Waals surface area contributed by atoms with Gasteiger partial charge in [-0.15, -0.1) is 0 Å². The van der Waals surface area contributed by atoms with Gasteiger partial charge in [-0.05, 0) is 58.0 Å². The van der Waals surface area contributed by atoms with E-state index in [1.54, 1.807) is 0 Å². The fourth-order valence-electron chi connectivity index (χ4n) is 2.75. The first-order chi connectivity index (χ1) is 12.2. The number of nitrogens with one attached hydrogen (secondary N) is 1. The molecule has 0 radical (unpaired) electrons. The summed E-state index contributed by atoms with van der Waals surface area (Å²) < 4.78 is 7.36. The van der Waals surface area contributed by atoms with Crippen molar-refractivity contribution in [2.45, 2.75) is 39.3 Å². The summed E-state index contributed by atoms with van der Waals surface area (Å²) in [7, 11) is 0. The maximum atomic E-state index is 12.2. The second-order valence-electron chi connectivity index (χ2n) is 7.14. The number of aromatic nitrogens is 2. The summed E-state index contributed by atoms with van der Waals surface area (Å²) in [5.41, 5.74) is 2.09. The summed E-state index contributed by atoms with van der Waals surface area (Å²) in [5.74, 6) is 0.708. The zero-order chi connectivity index (χ0) is 18.9. The van der Waals surface area contributed by atoms with E-state index in [9.17, 15) is 4.79 Å². The lowest BCUT2D eigenvalue weighted by atomic mass is 10.2. The van der Waals surface area contributed by atoms with Crippen LogP contribution >= 0.6 is 11.6 Å². The number of alkyl carbamates (subject to hydrolysis) is 1. The number of nitrogens with zero attached hydrogens (tertiary/aromatic N) is 2. The summed E-state index contributed by atoms with van der Waals surface area (Å²) in [6, 6.07) is 15.1. The summed E-state index contributed by atoms with van der Waals surface area (Å²) in [6.45, 7) is 7.38. The van der Waals surface area contributed by atoms with Crippen molar-refractivity contribution >= 4 is 28.7 Å². The average molecular weight is 372 g/mol. The second-order valence-corrected chi connectivity index (χ2v) is 7.58. The highest BCUT2D eigenvalue weighted by molar-refractivity contribution is 6.31. The van der Waals surface area contributed by atoms with Gasteiger partial charge in [-0.3, -0.25) is 4.57 Å². The third-order valence-corrected chi connectivity index (χ3v) is 4.01. The Morgan fingerprint density at radius 1 is 1.19 bits per heavy atom. The number of ether oxygens (including phenoxy) is 1. The Balaban J connectivity index is 2.04. The molecule has 0 fully saturated rings. The Labute approximate surface area is 157 Å².